The first kappa shape index (κ1) is 8.65. The molecule has 1 aliphatic heterocycles. The smallest absolute Gasteiger partial charge is 0.149 e. The lowest BCUT2D eigenvalue weighted by Gasteiger charge is -2.12. The van der Waals surface area contributed by atoms with E-state index in [1.807, 2.05) is 38.2 Å². The third-order valence-corrected chi connectivity index (χ3v) is 1.42. The zero-order valence-electron chi connectivity index (χ0n) is 7.37. The maximum atomic E-state index is 5.28. The Morgan fingerprint density at radius 1 is 1.25 bits per heavy atom. The molecule has 12 heavy (non-hydrogen) atoms. The molecule has 2 heteroatoms. The molecule has 0 bridgehead atoms. The van der Waals surface area contributed by atoms with Crippen molar-refractivity contribution < 1.29 is 4.74 Å². The van der Waals surface area contributed by atoms with Gasteiger partial charge in [-0.3, -0.25) is 0 Å². The predicted molar refractivity (Wildman–Crippen MR) is 50.0 cm³/mol. The van der Waals surface area contributed by atoms with Crippen LogP contribution in [0.15, 0.2) is 48.2 Å². The molecule has 0 aliphatic carbocycles. The monoisotopic (exact) mass is 163 g/mol. The Bertz CT molecular complexity index is 233. The van der Waals surface area contributed by atoms with E-state index in [1.54, 1.807) is 12.5 Å². The first-order valence-corrected chi connectivity index (χ1v) is 3.96. The Labute approximate surface area is 72.9 Å². The molecule has 0 aromatic heterocycles. The molecule has 0 radical (unpaired) electrons. The van der Waals surface area contributed by atoms with Gasteiger partial charge in [0, 0.05) is 6.20 Å². The van der Waals surface area contributed by atoms with Crippen LogP contribution < -0.4 is 5.32 Å². The van der Waals surface area contributed by atoms with Gasteiger partial charge in [0.15, 0.2) is 0 Å². The lowest BCUT2D eigenvalue weighted by Crippen LogP contribution is -2.10. The Kier molecular flexibility index (Phi) is 3.20. The molecule has 0 saturated carbocycles. The number of hydrogen-bond donors (Lipinski definition) is 1. The highest BCUT2D eigenvalue weighted by atomic mass is 16.5. The van der Waals surface area contributed by atoms with Crippen LogP contribution in [-0.4, -0.2) is 0 Å². The first-order valence-electron chi connectivity index (χ1n) is 3.96. The minimum Gasteiger partial charge on any atom is -0.461 e. The molecule has 0 aromatic rings. The largest absolute Gasteiger partial charge is 0.461 e. The number of nitrogens with one attached hydrogen (secondary N) is 1. The standard InChI is InChI=1S/C10H13NO/c1-3-5-9-10(6-4-2)12-8-7-11-9/h3-8,11H,1-2H3/b5-3-,6-4-. The fourth-order valence-corrected chi connectivity index (χ4v) is 0.943. The van der Waals surface area contributed by atoms with Crippen molar-refractivity contribution in [2.45, 2.75) is 13.8 Å². The summed E-state index contributed by atoms with van der Waals surface area (Å²) in [5.41, 5.74) is 0.984. The second kappa shape index (κ2) is 4.44. The van der Waals surface area contributed by atoms with E-state index >= 15 is 0 Å². The van der Waals surface area contributed by atoms with E-state index in [0.717, 1.165) is 11.5 Å². The van der Waals surface area contributed by atoms with Gasteiger partial charge in [-0.25, -0.2) is 0 Å². The van der Waals surface area contributed by atoms with Crippen LogP contribution in [-0.2, 0) is 4.74 Å². The van der Waals surface area contributed by atoms with Crippen LogP contribution in [0.4, 0.5) is 0 Å². The Morgan fingerprint density at radius 3 is 2.67 bits per heavy atom. The molecule has 64 valence electrons. The van der Waals surface area contributed by atoms with E-state index in [4.69, 9.17) is 4.74 Å². The molecule has 1 heterocycles. The number of ether oxygens (including phenoxy) is 1. The summed E-state index contributed by atoms with van der Waals surface area (Å²) in [5, 5.41) is 3.09. The van der Waals surface area contributed by atoms with Crippen molar-refractivity contribution in [3.63, 3.8) is 0 Å². The highest BCUT2D eigenvalue weighted by molar-refractivity contribution is 5.30. The molecule has 0 aromatic carbocycles. The maximum absolute atomic E-state index is 5.28. The summed E-state index contributed by atoms with van der Waals surface area (Å²) in [6.45, 7) is 3.93. The highest BCUT2D eigenvalue weighted by Gasteiger charge is 2.02. The van der Waals surface area contributed by atoms with Crippen molar-refractivity contribution in [1.82, 2.24) is 5.32 Å². The van der Waals surface area contributed by atoms with Gasteiger partial charge in [-0.2, -0.15) is 0 Å². The van der Waals surface area contributed by atoms with E-state index in [9.17, 15) is 0 Å². The van der Waals surface area contributed by atoms with Gasteiger partial charge in [-0.15, -0.1) is 0 Å². The van der Waals surface area contributed by atoms with Crippen LogP contribution in [0.1, 0.15) is 13.8 Å². The molecule has 0 amide bonds. The van der Waals surface area contributed by atoms with Crippen LogP contribution in [0.3, 0.4) is 0 Å². The summed E-state index contributed by atoms with van der Waals surface area (Å²) >= 11 is 0. The fourth-order valence-electron chi connectivity index (χ4n) is 0.943. The average Bonchev–Trinajstić information content (AvgIpc) is 2.09. The SMILES string of the molecule is C/C=C\C1=C(/C=C\C)OC=CN1. The van der Waals surface area contributed by atoms with Crippen LogP contribution in [0.25, 0.3) is 0 Å². The van der Waals surface area contributed by atoms with Crippen molar-refractivity contribution in [1.29, 1.82) is 0 Å². The van der Waals surface area contributed by atoms with Gasteiger partial charge in [0.25, 0.3) is 0 Å². The molecule has 2 nitrogen and oxygen atoms in total. The third kappa shape index (κ3) is 2.02. The molecular formula is C10H13NO. The predicted octanol–water partition coefficient (Wildman–Crippen LogP) is 2.44. The zero-order valence-corrected chi connectivity index (χ0v) is 7.37. The summed E-state index contributed by atoms with van der Waals surface area (Å²) < 4.78 is 5.28. The van der Waals surface area contributed by atoms with Crippen molar-refractivity contribution in [3.8, 4) is 0 Å². The summed E-state index contributed by atoms with van der Waals surface area (Å²) in [6.07, 6.45) is 11.2. The molecular weight excluding hydrogens is 150 g/mol. The van der Waals surface area contributed by atoms with Gasteiger partial charge < -0.3 is 10.1 Å². The number of rotatable bonds is 2. The van der Waals surface area contributed by atoms with Gasteiger partial charge >= 0.3 is 0 Å². The van der Waals surface area contributed by atoms with Gasteiger partial charge in [0.2, 0.25) is 0 Å². The van der Waals surface area contributed by atoms with Crippen LogP contribution in [0, 0.1) is 0 Å². The van der Waals surface area contributed by atoms with Gasteiger partial charge in [-0.1, -0.05) is 12.2 Å². The Balaban J connectivity index is 2.84. The second-order valence-electron chi connectivity index (χ2n) is 2.34. The van der Waals surface area contributed by atoms with Crippen molar-refractivity contribution in [2.24, 2.45) is 0 Å². The number of allylic oxidation sites excluding steroid dienone is 4. The lowest BCUT2D eigenvalue weighted by atomic mass is 10.3. The summed E-state index contributed by atoms with van der Waals surface area (Å²) in [5.74, 6) is 0.845. The summed E-state index contributed by atoms with van der Waals surface area (Å²) in [7, 11) is 0. The summed E-state index contributed by atoms with van der Waals surface area (Å²) in [6, 6.07) is 0. The lowest BCUT2D eigenvalue weighted by molar-refractivity contribution is 0.350. The number of hydrogen-bond acceptors (Lipinski definition) is 2. The van der Waals surface area contributed by atoms with E-state index in [2.05, 4.69) is 5.32 Å². The minimum absolute atomic E-state index is 0.845. The van der Waals surface area contributed by atoms with Crippen molar-refractivity contribution >= 4 is 0 Å². The molecule has 0 atom stereocenters. The van der Waals surface area contributed by atoms with Crippen molar-refractivity contribution in [2.75, 3.05) is 0 Å². The van der Waals surface area contributed by atoms with Crippen LogP contribution in [0.5, 0.6) is 0 Å². The van der Waals surface area contributed by atoms with E-state index in [-0.39, 0.29) is 0 Å². The average molecular weight is 163 g/mol. The van der Waals surface area contributed by atoms with Crippen molar-refractivity contribution in [3.05, 3.63) is 48.2 Å². The first-order chi connectivity index (χ1) is 5.88. The van der Waals surface area contributed by atoms with E-state index in [1.165, 1.54) is 0 Å². The molecule has 0 unspecified atom stereocenters. The molecule has 0 fully saturated rings. The van der Waals surface area contributed by atoms with Gasteiger partial charge in [0.05, 0.1) is 5.70 Å². The normalized spacial score (nSPS) is 17.2. The molecule has 0 saturated heterocycles. The van der Waals surface area contributed by atoms with Gasteiger partial charge in [-0.05, 0) is 26.0 Å². The summed E-state index contributed by atoms with van der Waals surface area (Å²) in [4.78, 5) is 0. The van der Waals surface area contributed by atoms with E-state index in [0.29, 0.717) is 0 Å². The Hall–Kier alpha value is -1.44. The topological polar surface area (TPSA) is 21.3 Å². The zero-order chi connectivity index (χ0) is 8.81. The maximum Gasteiger partial charge on any atom is 0.149 e. The fraction of sp³-hybridized carbons (Fsp3) is 0.200. The minimum atomic E-state index is 0.845. The second-order valence-corrected chi connectivity index (χ2v) is 2.34. The Morgan fingerprint density at radius 2 is 2.00 bits per heavy atom. The van der Waals surface area contributed by atoms with E-state index < -0.39 is 0 Å². The molecule has 1 aliphatic rings. The highest BCUT2D eigenvalue weighted by Crippen LogP contribution is 2.11. The van der Waals surface area contributed by atoms with Crippen LogP contribution in [0.2, 0.25) is 0 Å². The van der Waals surface area contributed by atoms with Crippen LogP contribution >= 0.6 is 0 Å². The molecule has 1 rings (SSSR count). The van der Waals surface area contributed by atoms with Gasteiger partial charge in [0.1, 0.15) is 12.0 Å². The quantitative estimate of drug-likeness (QED) is 0.675. The third-order valence-electron chi connectivity index (χ3n) is 1.42. The molecule has 1 N–H and O–H groups in total. The molecule has 0 spiro atoms.